The van der Waals surface area contributed by atoms with Gasteiger partial charge in [0.25, 0.3) is 0 Å². The van der Waals surface area contributed by atoms with E-state index in [0.29, 0.717) is 23.9 Å². The Kier molecular flexibility index (Phi) is 7.08. The Morgan fingerprint density at radius 2 is 1.94 bits per heavy atom. The molecule has 0 aliphatic carbocycles. The van der Waals surface area contributed by atoms with Gasteiger partial charge in [-0.2, -0.15) is 9.41 Å². The van der Waals surface area contributed by atoms with Crippen molar-refractivity contribution in [3.05, 3.63) is 59.5 Å². The lowest BCUT2D eigenvalue weighted by Crippen LogP contribution is -2.48. The first-order chi connectivity index (χ1) is 15.9. The smallest absolute Gasteiger partial charge is 0.243 e. The Bertz CT molecular complexity index is 1230. The number of morpholine rings is 1. The van der Waals surface area contributed by atoms with Crippen LogP contribution in [0.1, 0.15) is 19.4 Å². The lowest BCUT2D eigenvalue weighted by molar-refractivity contribution is -0.0440. The van der Waals surface area contributed by atoms with Crippen LogP contribution in [0.4, 0.5) is 5.13 Å². The fourth-order valence-electron chi connectivity index (χ4n) is 3.68. The number of thiazole rings is 1. The molecule has 1 aliphatic rings. The van der Waals surface area contributed by atoms with Gasteiger partial charge in [-0.05, 0) is 38.1 Å². The van der Waals surface area contributed by atoms with Crippen LogP contribution in [0.15, 0.2) is 63.9 Å². The molecule has 10 heteroatoms. The monoisotopic (exact) mass is 486 g/mol. The first kappa shape index (κ1) is 23.4. The molecule has 174 valence electrons. The van der Waals surface area contributed by atoms with Gasteiger partial charge in [-0.15, -0.1) is 11.3 Å². The molecule has 2 heterocycles. The van der Waals surface area contributed by atoms with Crippen molar-refractivity contribution in [3.8, 4) is 17.0 Å². The zero-order valence-corrected chi connectivity index (χ0v) is 20.3. The number of anilines is 1. The van der Waals surface area contributed by atoms with E-state index >= 15 is 0 Å². The normalized spacial score (nSPS) is 19.6. The SMILES string of the molecule is COc1ccccc1/C=N\Nc1nc(-c2cccc(S(=O)(=O)N3CC(C)OC(C)C3)c2)cs1. The maximum atomic E-state index is 13.2. The van der Waals surface area contributed by atoms with Crippen LogP contribution in [-0.4, -0.2) is 56.3 Å². The minimum absolute atomic E-state index is 0.143. The van der Waals surface area contributed by atoms with E-state index in [9.17, 15) is 8.42 Å². The van der Waals surface area contributed by atoms with Gasteiger partial charge in [0.05, 0.1) is 36.1 Å². The number of hydrogen-bond donors (Lipinski definition) is 1. The highest BCUT2D eigenvalue weighted by Crippen LogP contribution is 2.28. The van der Waals surface area contributed by atoms with Crippen molar-refractivity contribution in [1.82, 2.24) is 9.29 Å². The quantitative estimate of drug-likeness (QED) is 0.400. The van der Waals surface area contributed by atoms with E-state index in [4.69, 9.17) is 9.47 Å². The second-order valence-corrected chi connectivity index (χ2v) is 10.6. The summed E-state index contributed by atoms with van der Waals surface area (Å²) in [6.45, 7) is 4.45. The van der Waals surface area contributed by atoms with Crippen LogP contribution < -0.4 is 10.2 Å². The topological polar surface area (TPSA) is 93.1 Å². The average molecular weight is 487 g/mol. The van der Waals surface area contributed by atoms with Crippen molar-refractivity contribution in [3.63, 3.8) is 0 Å². The minimum atomic E-state index is -3.63. The van der Waals surface area contributed by atoms with Gasteiger partial charge in [0.15, 0.2) is 0 Å². The summed E-state index contributed by atoms with van der Waals surface area (Å²) in [7, 11) is -2.01. The van der Waals surface area contributed by atoms with Crippen LogP contribution in [0.2, 0.25) is 0 Å². The standard InChI is InChI=1S/C23H26N4O4S2/c1-16-13-27(14-17(2)31-16)33(28,29)20-9-6-8-18(11-20)21-15-32-23(25-21)26-24-12-19-7-4-5-10-22(19)30-3/h4-12,15-17H,13-14H2,1-3H3,(H,25,26)/b24-12-. The van der Waals surface area contributed by atoms with Crippen LogP contribution in [0, 0.1) is 0 Å². The summed E-state index contributed by atoms with van der Waals surface area (Å²) in [5, 5.41) is 6.70. The molecule has 33 heavy (non-hydrogen) atoms. The number of nitrogens with one attached hydrogen (secondary N) is 1. The molecule has 2 aromatic carbocycles. The van der Waals surface area contributed by atoms with E-state index in [1.807, 2.05) is 49.6 Å². The summed E-state index contributed by atoms with van der Waals surface area (Å²) in [5.74, 6) is 0.727. The maximum Gasteiger partial charge on any atom is 0.243 e. The van der Waals surface area contributed by atoms with Crippen LogP contribution in [-0.2, 0) is 14.8 Å². The van der Waals surface area contributed by atoms with Crippen molar-refractivity contribution < 1.29 is 17.9 Å². The van der Waals surface area contributed by atoms with Crippen LogP contribution >= 0.6 is 11.3 Å². The number of aromatic nitrogens is 1. The predicted octanol–water partition coefficient (Wildman–Crippen LogP) is 4.06. The van der Waals surface area contributed by atoms with E-state index in [-0.39, 0.29) is 17.1 Å². The maximum absolute atomic E-state index is 13.2. The van der Waals surface area contributed by atoms with Gasteiger partial charge < -0.3 is 9.47 Å². The van der Waals surface area contributed by atoms with Crippen LogP contribution in [0.5, 0.6) is 5.75 Å². The molecule has 2 atom stereocenters. The molecule has 2 unspecified atom stereocenters. The molecule has 4 rings (SSSR count). The third-order valence-corrected chi connectivity index (χ3v) is 7.74. The first-order valence-corrected chi connectivity index (χ1v) is 12.8. The molecule has 0 spiro atoms. The zero-order valence-electron chi connectivity index (χ0n) is 18.6. The fraction of sp³-hybridized carbons (Fsp3) is 0.304. The Hall–Kier alpha value is -2.79. The van der Waals surface area contributed by atoms with E-state index in [2.05, 4.69) is 15.5 Å². The molecule has 1 N–H and O–H groups in total. The number of methoxy groups -OCH3 is 1. The third kappa shape index (κ3) is 5.41. The second-order valence-electron chi connectivity index (χ2n) is 7.76. The van der Waals surface area contributed by atoms with E-state index < -0.39 is 10.0 Å². The number of sulfonamides is 1. The molecule has 0 radical (unpaired) electrons. The summed E-state index contributed by atoms with van der Waals surface area (Å²) < 4.78 is 38.9. The molecule has 1 aromatic heterocycles. The summed E-state index contributed by atoms with van der Waals surface area (Å²) in [4.78, 5) is 4.80. The summed E-state index contributed by atoms with van der Waals surface area (Å²) >= 11 is 1.39. The van der Waals surface area contributed by atoms with Gasteiger partial charge in [0, 0.05) is 29.6 Å². The van der Waals surface area contributed by atoms with Crippen molar-refractivity contribution in [1.29, 1.82) is 0 Å². The average Bonchev–Trinajstić information content (AvgIpc) is 3.28. The summed E-state index contributed by atoms with van der Waals surface area (Å²) in [6.07, 6.45) is 1.38. The molecular formula is C23H26N4O4S2. The fourth-order valence-corrected chi connectivity index (χ4v) is 5.99. The lowest BCUT2D eigenvalue weighted by Gasteiger charge is -2.34. The number of benzene rings is 2. The van der Waals surface area contributed by atoms with Gasteiger partial charge in [0.2, 0.25) is 15.2 Å². The third-order valence-electron chi connectivity index (χ3n) is 5.16. The number of hydrogen-bond acceptors (Lipinski definition) is 8. The molecule has 1 saturated heterocycles. The van der Waals surface area contributed by atoms with E-state index in [0.717, 1.165) is 16.9 Å². The van der Waals surface area contributed by atoms with Gasteiger partial charge in [-0.1, -0.05) is 24.3 Å². The second kappa shape index (κ2) is 10.0. The van der Waals surface area contributed by atoms with Crippen molar-refractivity contribution in [2.45, 2.75) is 31.0 Å². The molecule has 0 saturated carbocycles. The number of nitrogens with zero attached hydrogens (tertiary/aromatic N) is 3. The summed E-state index contributed by atoms with van der Waals surface area (Å²) in [6, 6.07) is 14.4. The largest absolute Gasteiger partial charge is 0.496 e. The molecular weight excluding hydrogens is 460 g/mol. The van der Waals surface area contributed by atoms with Gasteiger partial charge in [-0.25, -0.2) is 13.4 Å². The van der Waals surface area contributed by atoms with Crippen molar-refractivity contribution >= 4 is 32.7 Å². The highest BCUT2D eigenvalue weighted by molar-refractivity contribution is 7.89. The Morgan fingerprint density at radius 1 is 1.18 bits per heavy atom. The minimum Gasteiger partial charge on any atom is -0.496 e. The molecule has 8 nitrogen and oxygen atoms in total. The molecule has 0 amide bonds. The number of hydrazone groups is 1. The predicted molar refractivity (Wildman–Crippen MR) is 131 cm³/mol. The highest BCUT2D eigenvalue weighted by Gasteiger charge is 2.32. The molecule has 1 aliphatic heterocycles. The van der Waals surface area contributed by atoms with E-state index in [1.54, 1.807) is 31.5 Å². The molecule has 3 aromatic rings. The van der Waals surface area contributed by atoms with Crippen molar-refractivity contribution in [2.75, 3.05) is 25.6 Å². The Labute approximate surface area is 197 Å². The molecule has 1 fully saturated rings. The molecule has 0 bridgehead atoms. The zero-order chi connectivity index (χ0) is 23.4. The first-order valence-electron chi connectivity index (χ1n) is 10.5. The lowest BCUT2D eigenvalue weighted by atomic mass is 10.2. The number of para-hydroxylation sites is 1. The Morgan fingerprint density at radius 3 is 2.70 bits per heavy atom. The number of ether oxygens (including phenoxy) is 2. The highest BCUT2D eigenvalue weighted by atomic mass is 32.2. The Balaban J connectivity index is 1.50. The summed E-state index contributed by atoms with van der Waals surface area (Å²) in [5.41, 5.74) is 5.17. The van der Waals surface area contributed by atoms with Gasteiger partial charge >= 0.3 is 0 Å². The van der Waals surface area contributed by atoms with Crippen LogP contribution in [0.25, 0.3) is 11.3 Å². The van der Waals surface area contributed by atoms with Gasteiger partial charge in [-0.3, -0.25) is 5.43 Å². The van der Waals surface area contributed by atoms with Crippen LogP contribution in [0.3, 0.4) is 0 Å². The van der Waals surface area contributed by atoms with E-state index in [1.165, 1.54) is 15.6 Å². The number of rotatable bonds is 7. The van der Waals surface area contributed by atoms with Crippen molar-refractivity contribution in [2.24, 2.45) is 5.10 Å². The van der Waals surface area contributed by atoms with Gasteiger partial charge in [0.1, 0.15) is 5.75 Å².